The average molecular weight is 345 g/mol. The Labute approximate surface area is 144 Å². The van der Waals surface area contributed by atoms with E-state index >= 15 is 0 Å². The molecule has 9 nitrogen and oxygen atoms in total. The lowest BCUT2D eigenvalue weighted by atomic mass is 10.2. The SMILES string of the molecule is COc1cccc(C(=O)NCC(=O)N2CCOC[C@@H]2c2ncn[nH]2)c1. The van der Waals surface area contributed by atoms with Crippen molar-refractivity contribution in [3.8, 4) is 5.75 Å². The summed E-state index contributed by atoms with van der Waals surface area (Å²) in [6, 6.07) is 6.41. The zero-order valence-electron chi connectivity index (χ0n) is 13.8. The second-order valence-electron chi connectivity index (χ2n) is 5.46. The summed E-state index contributed by atoms with van der Waals surface area (Å²) < 4.78 is 10.5. The highest BCUT2D eigenvalue weighted by Gasteiger charge is 2.30. The smallest absolute Gasteiger partial charge is 0.251 e. The van der Waals surface area contributed by atoms with E-state index in [2.05, 4.69) is 20.5 Å². The predicted molar refractivity (Wildman–Crippen MR) is 87.0 cm³/mol. The van der Waals surface area contributed by atoms with Gasteiger partial charge < -0.3 is 19.7 Å². The van der Waals surface area contributed by atoms with Crippen LogP contribution in [0.25, 0.3) is 0 Å². The number of carbonyl (C=O) groups excluding carboxylic acids is 2. The molecular formula is C16H19N5O4. The Morgan fingerprint density at radius 1 is 1.48 bits per heavy atom. The van der Waals surface area contributed by atoms with Crippen molar-refractivity contribution in [3.05, 3.63) is 42.0 Å². The number of aromatic amines is 1. The van der Waals surface area contributed by atoms with Crippen molar-refractivity contribution in [2.45, 2.75) is 6.04 Å². The van der Waals surface area contributed by atoms with E-state index in [-0.39, 0.29) is 24.4 Å². The molecule has 0 radical (unpaired) electrons. The lowest BCUT2D eigenvalue weighted by molar-refractivity contribution is -0.139. The van der Waals surface area contributed by atoms with Gasteiger partial charge in [0, 0.05) is 12.1 Å². The molecule has 1 aromatic carbocycles. The third-order valence-corrected chi connectivity index (χ3v) is 3.93. The fourth-order valence-corrected chi connectivity index (χ4v) is 2.63. The number of carbonyl (C=O) groups is 2. The molecule has 9 heteroatoms. The molecule has 0 unspecified atom stereocenters. The van der Waals surface area contributed by atoms with Gasteiger partial charge in [-0.2, -0.15) is 5.10 Å². The van der Waals surface area contributed by atoms with Crippen molar-refractivity contribution in [3.63, 3.8) is 0 Å². The van der Waals surface area contributed by atoms with Crippen LogP contribution in [0.1, 0.15) is 22.2 Å². The summed E-state index contributed by atoms with van der Waals surface area (Å²) in [4.78, 5) is 30.5. The van der Waals surface area contributed by atoms with Crippen LogP contribution in [0.2, 0.25) is 0 Å². The van der Waals surface area contributed by atoms with Crippen LogP contribution in [-0.2, 0) is 9.53 Å². The summed E-state index contributed by atoms with van der Waals surface area (Å²) in [6.07, 6.45) is 1.39. The number of rotatable bonds is 5. The van der Waals surface area contributed by atoms with Crippen molar-refractivity contribution in [2.75, 3.05) is 33.4 Å². The van der Waals surface area contributed by atoms with Gasteiger partial charge in [-0.3, -0.25) is 14.7 Å². The first-order chi connectivity index (χ1) is 12.2. The molecule has 2 aromatic rings. The van der Waals surface area contributed by atoms with Crippen LogP contribution in [0.5, 0.6) is 5.75 Å². The number of morpholine rings is 1. The molecule has 0 bridgehead atoms. The standard InChI is InChI=1S/C16H19N5O4/c1-24-12-4-2-3-11(7-12)16(23)17-8-14(22)21-5-6-25-9-13(21)15-18-10-19-20-15/h2-4,7,10,13H,5-6,8-9H2,1H3,(H,17,23)(H,18,19,20)/t13-/m1/s1. The van der Waals surface area contributed by atoms with E-state index in [0.29, 0.717) is 36.9 Å². The van der Waals surface area contributed by atoms with Crippen LogP contribution in [0, 0.1) is 0 Å². The van der Waals surface area contributed by atoms with Crippen molar-refractivity contribution < 1.29 is 19.1 Å². The minimum absolute atomic E-state index is 0.110. The summed E-state index contributed by atoms with van der Waals surface area (Å²) in [6.45, 7) is 1.10. The van der Waals surface area contributed by atoms with E-state index in [1.807, 2.05) is 0 Å². The highest BCUT2D eigenvalue weighted by Crippen LogP contribution is 2.20. The Hall–Kier alpha value is -2.94. The van der Waals surface area contributed by atoms with Gasteiger partial charge in [-0.05, 0) is 18.2 Å². The van der Waals surface area contributed by atoms with E-state index in [4.69, 9.17) is 9.47 Å². The quantitative estimate of drug-likeness (QED) is 0.798. The van der Waals surface area contributed by atoms with Gasteiger partial charge in [0.05, 0.1) is 26.9 Å². The summed E-state index contributed by atoms with van der Waals surface area (Å²) in [5.41, 5.74) is 0.431. The van der Waals surface area contributed by atoms with Crippen LogP contribution in [0.3, 0.4) is 0 Å². The number of ether oxygens (including phenoxy) is 2. The Morgan fingerprint density at radius 2 is 2.36 bits per heavy atom. The molecule has 1 aliphatic heterocycles. The fraction of sp³-hybridized carbons (Fsp3) is 0.375. The van der Waals surface area contributed by atoms with E-state index in [1.54, 1.807) is 29.2 Å². The molecule has 1 atom stereocenters. The Morgan fingerprint density at radius 3 is 3.12 bits per heavy atom. The molecule has 2 amide bonds. The number of benzene rings is 1. The lowest BCUT2D eigenvalue weighted by Gasteiger charge is -2.34. The van der Waals surface area contributed by atoms with Crippen molar-refractivity contribution in [1.29, 1.82) is 0 Å². The normalized spacial score (nSPS) is 17.2. The van der Waals surface area contributed by atoms with Crippen molar-refractivity contribution in [1.82, 2.24) is 25.4 Å². The van der Waals surface area contributed by atoms with E-state index in [0.717, 1.165) is 0 Å². The zero-order chi connectivity index (χ0) is 17.6. The first kappa shape index (κ1) is 16.9. The Balaban J connectivity index is 1.61. The molecule has 132 valence electrons. The van der Waals surface area contributed by atoms with Gasteiger partial charge in [0.15, 0.2) is 0 Å². The number of hydrogen-bond acceptors (Lipinski definition) is 6. The van der Waals surface area contributed by atoms with Gasteiger partial charge in [-0.25, -0.2) is 4.98 Å². The van der Waals surface area contributed by atoms with Crippen molar-refractivity contribution >= 4 is 11.8 Å². The second kappa shape index (κ2) is 7.75. The first-order valence-electron chi connectivity index (χ1n) is 7.84. The van der Waals surface area contributed by atoms with Gasteiger partial charge >= 0.3 is 0 Å². The number of aromatic nitrogens is 3. The molecule has 1 aliphatic rings. The van der Waals surface area contributed by atoms with Crippen LogP contribution < -0.4 is 10.1 Å². The molecular weight excluding hydrogens is 326 g/mol. The van der Waals surface area contributed by atoms with E-state index < -0.39 is 0 Å². The van der Waals surface area contributed by atoms with Crippen LogP contribution >= 0.6 is 0 Å². The van der Waals surface area contributed by atoms with Crippen LogP contribution in [-0.4, -0.2) is 65.3 Å². The zero-order valence-corrected chi connectivity index (χ0v) is 13.8. The number of nitrogens with one attached hydrogen (secondary N) is 2. The van der Waals surface area contributed by atoms with E-state index in [9.17, 15) is 9.59 Å². The molecule has 3 rings (SSSR count). The number of amides is 2. The summed E-state index contributed by atoms with van der Waals surface area (Å²) in [7, 11) is 1.53. The Bertz CT molecular complexity index is 734. The fourth-order valence-electron chi connectivity index (χ4n) is 2.63. The summed E-state index contributed by atoms with van der Waals surface area (Å²) in [5, 5.41) is 9.21. The lowest BCUT2D eigenvalue weighted by Crippen LogP contribution is -2.47. The average Bonchev–Trinajstić information content (AvgIpc) is 3.20. The summed E-state index contributed by atoms with van der Waals surface area (Å²) >= 11 is 0. The number of hydrogen-bond donors (Lipinski definition) is 2. The predicted octanol–water partition coefficient (Wildman–Crippen LogP) is 0.143. The monoisotopic (exact) mass is 345 g/mol. The maximum absolute atomic E-state index is 12.5. The largest absolute Gasteiger partial charge is 0.497 e. The number of nitrogens with zero attached hydrogens (tertiary/aromatic N) is 3. The van der Waals surface area contributed by atoms with Gasteiger partial charge in [0.25, 0.3) is 5.91 Å². The number of H-pyrrole nitrogens is 1. The highest BCUT2D eigenvalue weighted by molar-refractivity contribution is 5.96. The third-order valence-electron chi connectivity index (χ3n) is 3.93. The molecule has 1 aromatic heterocycles. The molecule has 2 N–H and O–H groups in total. The van der Waals surface area contributed by atoms with Crippen molar-refractivity contribution in [2.24, 2.45) is 0 Å². The first-order valence-corrected chi connectivity index (χ1v) is 7.84. The molecule has 25 heavy (non-hydrogen) atoms. The van der Waals surface area contributed by atoms with Gasteiger partial charge in [0.1, 0.15) is 23.9 Å². The molecule has 0 aliphatic carbocycles. The van der Waals surface area contributed by atoms with Gasteiger partial charge in [0.2, 0.25) is 5.91 Å². The Kier molecular flexibility index (Phi) is 5.24. The minimum atomic E-state index is -0.336. The van der Waals surface area contributed by atoms with Gasteiger partial charge in [-0.15, -0.1) is 0 Å². The molecule has 0 saturated carbocycles. The van der Waals surface area contributed by atoms with E-state index in [1.165, 1.54) is 13.4 Å². The molecule has 1 saturated heterocycles. The molecule has 0 spiro atoms. The maximum Gasteiger partial charge on any atom is 0.251 e. The third kappa shape index (κ3) is 3.94. The second-order valence-corrected chi connectivity index (χ2v) is 5.46. The van der Waals surface area contributed by atoms with Crippen LogP contribution in [0.15, 0.2) is 30.6 Å². The van der Waals surface area contributed by atoms with Crippen LogP contribution in [0.4, 0.5) is 0 Å². The number of methoxy groups -OCH3 is 1. The minimum Gasteiger partial charge on any atom is -0.497 e. The maximum atomic E-state index is 12.5. The summed E-state index contributed by atoms with van der Waals surface area (Å²) in [5.74, 6) is 0.599. The van der Waals surface area contributed by atoms with Gasteiger partial charge in [-0.1, -0.05) is 6.07 Å². The molecule has 1 fully saturated rings. The highest BCUT2D eigenvalue weighted by atomic mass is 16.5. The molecule has 2 heterocycles. The topological polar surface area (TPSA) is 109 Å².